The predicted octanol–water partition coefficient (Wildman–Crippen LogP) is 1.20. The third-order valence-electron chi connectivity index (χ3n) is 2.18. The van der Waals surface area contributed by atoms with Crippen LogP contribution in [0.2, 0.25) is 0 Å². The molecule has 0 aromatic carbocycles. The molecule has 0 aromatic heterocycles. The van der Waals surface area contributed by atoms with Crippen molar-refractivity contribution in [2.75, 3.05) is 32.8 Å². The van der Waals surface area contributed by atoms with Gasteiger partial charge in [0.25, 0.3) is 0 Å². The van der Waals surface area contributed by atoms with E-state index in [0.717, 1.165) is 25.8 Å². The summed E-state index contributed by atoms with van der Waals surface area (Å²) in [7, 11) is 0. The highest BCUT2D eigenvalue weighted by Gasteiger charge is 2.09. The van der Waals surface area contributed by atoms with Crippen LogP contribution in [0.15, 0.2) is 12.7 Å². The standard InChI is InChI=1S/C12H23NO3/c1-3-8-13(9-6-5-7-10-14)11-12(15)16-4-2/h3,14H,1,4-11H2,2H3. The van der Waals surface area contributed by atoms with Gasteiger partial charge >= 0.3 is 5.97 Å². The van der Waals surface area contributed by atoms with E-state index in [1.54, 1.807) is 13.0 Å². The van der Waals surface area contributed by atoms with Crippen LogP contribution in [0.5, 0.6) is 0 Å². The SMILES string of the molecule is C=CCN(CCCCCO)CC(=O)OCC. The van der Waals surface area contributed by atoms with E-state index in [4.69, 9.17) is 9.84 Å². The summed E-state index contributed by atoms with van der Waals surface area (Å²) in [5.41, 5.74) is 0. The Balaban J connectivity index is 3.77. The molecule has 0 amide bonds. The van der Waals surface area contributed by atoms with E-state index >= 15 is 0 Å². The first-order chi connectivity index (χ1) is 7.74. The van der Waals surface area contributed by atoms with Gasteiger partial charge in [0.1, 0.15) is 0 Å². The van der Waals surface area contributed by atoms with Crippen molar-refractivity contribution in [3.8, 4) is 0 Å². The maximum absolute atomic E-state index is 11.3. The third-order valence-corrected chi connectivity index (χ3v) is 2.18. The Labute approximate surface area is 97.9 Å². The summed E-state index contributed by atoms with van der Waals surface area (Å²) in [6.07, 6.45) is 4.56. The van der Waals surface area contributed by atoms with Crippen molar-refractivity contribution in [2.24, 2.45) is 0 Å². The second-order valence-corrected chi connectivity index (χ2v) is 3.61. The summed E-state index contributed by atoms with van der Waals surface area (Å²) in [5, 5.41) is 8.65. The molecule has 4 heteroatoms. The predicted molar refractivity (Wildman–Crippen MR) is 64.2 cm³/mol. The minimum absolute atomic E-state index is 0.188. The Bertz CT molecular complexity index is 195. The van der Waals surface area contributed by atoms with E-state index in [9.17, 15) is 4.79 Å². The zero-order chi connectivity index (χ0) is 12.2. The molecule has 0 aliphatic heterocycles. The fourth-order valence-corrected chi connectivity index (χ4v) is 1.43. The molecule has 4 nitrogen and oxygen atoms in total. The Kier molecular flexibility index (Phi) is 10.1. The van der Waals surface area contributed by atoms with Gasteiger partial charge in [-0.05, 0) is 32.7 Å². The molecular weight excluding hydrogens is 206 g/mol. The molecular formula is C12H23NO3. The van der Waals surface area contributed by atoms with Crippen molar-refractivity contribution in [2.45, 2.75) is 26.2 Å². The molecule has 0 aliphatic carbocycles. The van der Waals surface area contributed by atoms with Crippen LogP contribution in [-0.4, -0.2) is 48.8 Å². The molecule has 0 unspecified atom stereocenters. The van der Waals surface area contributed by atoms with Crippen molar-refractivity contribution in [1.29, 1.82) is 0 Å². The van der Waals surface area contributed by atoms with Gasteiger partial charge in [-0.25, -0.2) is 0 Å². The molecule has 0 radical (unpaired) electrons. The van der Waals surface area contributed by atoms with Gasteiger partial charge in [0.15, 0.2) is 0 Å². The molecule has 0 spiro atoms. The van der Waals surface area contributed by atoms with Crippen LogP contribution in [0, 0.1) is 0 Å². The summed E-state index contributed by atoms with van der Waals surface area (Å²) >= 11 is 0. The fraction of sp³-hybridized carbons (Fsp3) is 0.750. The lowest BCUT2D eigenvalue weighted by Gasteiger charge is -2.19. The molecule has 16 heavy (non-hydrogen) atoms. The van der Waals surface area contributed by atoms with Crippen LogP contribution in [-0.2, 0) is 9.53 Å². The second kappa shape index (κ2) is 10.6. The third kappa shape index (κ3) is 8.44. The average Bonchev–Trinajstić information content (AvgIpc) is 2.25. The van der Waals surface area contributed by atoms with Crippen LogP contribution < -0.4 is 0 Å². The summed E-state index contributed by atoms with van der Waals surface area (Å²) in [5.74, 6) is -0.188. The molecule has 0 saturated heterocycles. The first-order valence-corrected chi connectivity index (χ1v) is 5.84. The number of aliphatic hydroxyl groups is 1. The number of esters is 1. The van der Waals surface area contributed by atoms with E-state index in [0.29, 0.717) is 19.7 Å². The molecule has 1 N–H and O–H groups in total. The molecule has 0 bridgehead atoms. The zero-order valence-electron chi connectivity index (χ0n) is 10.2. The maximum atomic E-state index is 11.3. The van der Waals surface area contributed by atoms with E-state index in [-0.39, 0.29) is 12.6 Å². The first kappa shape index (κ1) is 15.1. The first-order valence-electron chi connectivity index (χ1n) is 5.84. The number of hydrogen-bond acceptors (Lipinski definition) is 4. The molecule has 0 saturated carbocycles. The van der Waals surface area contributed by atoms with E-state index in [1.165, 1.54) is 0 Å². The van der Waals surface area contributed by atoms with Crippen LogP contribution in [0.25, 0.3) is 0 Å². The highest BCUT2D eigenvalue weighted by molar-refractivity contribution is 5.71. The van der Waals surface area contributed by atoms with Gasteiger partial charge < -0.3 is 9.84 Å². The molecule has 94 valence electrons. The molecule has 0 atom stereocenters. The molecule has 0 aliphatic rings. The molecule has 0 heterocycles. The van der Waals surface area contributed by atoms with E-state index in [1.807, 2.05) is 4.90 Å². The van der Waals surface area contributed by atoms with E-state index < -0.39 is 0 Å². The number of carbonyl (C=O) groups excluding carboxylic acids is 1. The highest BCUT2D eigenvalue weighted by Crippen LogP contribution is 1.99. The lowest BCUT2D eigenvalue weighted by atomic mass is 10.2. The fourth-order valence-electron chi connectivity index (χ4n) is 1.43. The second-order valence-electron chi connectivity index (χ2n) is 3.61. The Morgan fingerprint density at radius 2 is 2.19 bits per heavy atom. The van der Waals surface area contributed by atoms with Gasteiger partial charge in [-0.15, -0.1) is 6.58 Å². The van der Waals surface area contributed by atoms with E-state index in [2.05, 4.69) is 6.58 Å². The smallest absolute Gasteiger partial charge is 0.320 e. The topological polar surface area (TPSA) is 49.8 Å². The van der Waals surface area contributed by atoms with Crippen molar-refractivity contribution in [3.05, 3.63) is 12.7 Å². The maximum Gasteiger partial charge on any atom is 0.320 e. The van der Waals surface area contributed by atoms with Crippen molar-refractivity contribution >= 4 is 5.97 Å². The van der Waals surface area contributed by atoms with Crippen molar-refractivity contribution in [3.63, 3.8) is 0 Å². The number of unbranched alkanes of at least 4 members (excludes halogenated alkanes) is 2. The van der Waals surface area contributed by atoms with Gasteiger partial charge in [0.2, 0.25) is 0 Å². The van der Waals surface area contributed by atoms with Gasteiger partial charge in [0, 0.05) is 13.2 Å². The number of aliphatic hydroxyl groups excluding tert-OH is 1. The molecule has 0 rings (SSSR count). The molecule has 0 aromatic rings. The van der Waals surface area contributed by atoms with Crippen molar-refractivity contribution in [1.82, 2.24) is 4.90 Å². The number of rotatable bonds is 10. The lowest BCUT2D eigenvalue weighted by Crippen LogP contribution is -2.32. The van der Waals surface area contributed by atoms with Gasteiger partial charge in [-0.1, -0.05) is 6.08 Å². The van der Waals surface area contributed by atoms with Gasteiger partial charge in [-0.2, -0.15) is 0 Å². The van der Waals surface area contributed by atoms with Gasteiger partial charge in [-0.3, -0.25) is 9.69 Å². The number of ether oxygens (including phenoxy) is 1. The Morgan fingerprint density at radius 3 is 2.75 bits per heavy atom. The number of nitrogens with zero attached hydrogens (tertiary/aromatic N) is 1. The van der Waals surface area contributed by atoms with Crippen LogP contribution in [0.4, 0.5) is 0 Å². The Hall–Kier alpha value is -0.870. The summed E-state index contributed by atoms with van der Waals surface area (Å²) in [4.78, 5) is 13.3. The number of hydrogen-bond donors (Lipinski definition) is 1. The van der Waals surface area contributed by atoms with Gasteiger partial charge in [0.05, 0.1) is 13.2 Å². The summed E-state index contributed by atoms with van der Waals surface area (Å²) in [6, 6.07) is 0. The minimum Gasteiger partial charge on any atom is -0.465 e. The van der Waals surface area contributed by atoms with Crippen LogP contribution in [0.3, 0.4) is 0 Å². The highest BCUT2D eigenvalue weighted by atomic mass is 16.5. The van der Waals surface area contributed by atoms with Crippen LogP contribution in [0.1, 0.15) is 26.2 Å². The van der Waals surface area contributed by atoms with Crippen LogP contribution >= 0.6 is 0 Å². The monoisotopic (exact) mass is 229 g/mol. The zero-order valence-corrected chi connectivity index (χ0v) is 10.2. The summed E-state index contributed by atoms with van der Waals surface area (Å²) in [6.45, 7) is 7.97. The average molecular weight is 229 g/mol. The normalized spacial score (nSPS) is 10.4. The summed E-state index contributed by atoms with van der Waals surface area (Å²) < 4.78 is 4.89. The largest absolute Gasteiger partial charge is 0.465 e. The lowest BCUT2D eigenvalue weighted by molar-refractivity contribution is -0.144. The minimum atomic E-state index is -0.188. The molecule has 0 fully saturated rings. The quantitative estimate of drug-likeness (QED) is 0.347. The number of carbonyl (C=O) groups is 1. The Morgan fingerprint density at radius 1 is 1.44 bits per heavy atom. The van der Waals surface area contributed by atoms with Crippen molar-refractivity contribution < 1.29 is 14.6 Å².